The van der Waals surface area contributed by atoms with Crippen LogP contribution in [0.5, 0.6) is 5.88 Å². The van der Waals surface area contributed by atoms with Gasteiger partial charge in [0.05, 0.1) is 35.1 Å². The Kier molecular flexibility index (Phi) is 5.95. The molecule has 3 fully saturated rings. The first-order valence-electron chi connectivity index (χ1n) is 11.1. The number of fused-ring (bicyclic) bond motifs is 1. The van der Waals surface area contributed by atoms with E-state index in [0.717, 1.165) is 24.7 Å². The van der Waals surface area contributed by atoms with Gasteiger partial charge in [-0.15, -0.1) is 0 Å². The maximum absolute atomic E-state index is 13.1. The van der Waals surface area contributed by atoms with Crippen molar-refractivity contribution in [3.05, 3.63) is 52.4 Å². The summed E-state index contributed by atoms with van der Waals surface area (Å²) in [6.45, 7) is 2.48. The molecule has 176 valence electrons. The molecule has 2 aromatic rings. The van der Waals surface area contributed by atoms with Gasteiger partial charge in [-0.2, -0.15) is 13.2 Å². The zero-order valence-corrected chi connectivity index (χ0v) is 18.6. The molecule has 1 amide bonds. The number of hydrogen-bond acceptors (Lipinski definition) is 5. The van der Waals surface area contributed by atoms with Crippen LogP contribution in [0.15, 0.2) is 30.6 Å². The molecule has 3 aliphatic rings. The lowest BCUT2D eigenvalue weighted by Crippen LogP contribution is -2.52. The Bertz CT molecular complexity index is 1030. The molecule has 0 unspecified atom stereocenters. The Hall–Kier alpha value is -2.39. The third-order valence-electron chi connectivity index (χ3n) is 6.59. The van der Waals surface area contributed by atoms with Crippen LogP contribution in [0.25, 0.3) is 0 Å². The van der Waals surface area contributed by atoms with E-state index in [-0.39, 0.29) is 30.0 Å². The number of hydrogen-bond donors (Lipinski definition) is 0. The lowest BCUT2D eigenvalue weighted by Gasteiger charge is -2.37. The highest BCUT2D eigenvalue weighted by atomic mass is 35.5. The Labute approximate surface area is 194 Å². The van der Waals surface area contributed by atoms with E-state index >= 15 is 0 Å². The van der Waals surface area contributed by atoms with Crippen LogP contribution in [-0.2, 0) is 17.4 Å². The molecule has 2 atom stereocenters. The highest BCUT2D eigenvalue weighted by Gasteiger charge is 2.39. The van der Waals surface area contributed by atoms with E-state index in [9.17, 15) is 18.0 Å². The number of carbonyl (C=O) groups is 1. The molecular formula is C23H24ClF3N4O2. The number of ether oxygens (including phenoxy) is 1. The summed E-state index contributed by atoms with van der Waals surface area (Å²) in [5.74, 6) is 0.833. The van der Waals surface area contributed by atoms with E-state index in [1.807, 2.05) is 0 Å². The van der Waals surface area contributed by atoms with Gasteiger partial charge in [0.1, 0.15) is 6.10 Å². The molecule has 1 saturated carbocycles. The van der Waals surface area contributed by atoms with Crippen molar-refractivity contribution in [1.29, 1.82) is 0 Å². The van der Waals surface area contributed by atoms with Gasteiger partial charge in [-0.25, -0.2) is 4.98 Å². The average molecular weight is 481 g/mol. The first-order valence-corrected chi connectivity index (χ1v) is 11.5. The monoisotopic (exact) mass is 480 g/mol. The number of piperazine rings is 1. The molecule has 6 nitrogen and oxygen atoms in total. The molecule has 1 aromatic carbocycles. The van der Waals surface area contributed by atoms with Gasteiger partial charge in [0.25, 0.3) is 0 Å². The second-order valence-corrected chi connectivity index (χ2v) is 9.35. The fourth-order valence-corrected chi connectivity index (χ4v) is 4.97. The topological polar surface area (TPSA) is 58.6 Å². The van der Waals surface area contributed by atoms with Crippen molar-refractivity contribution >= 4 is 17.5 Å². The normalized spacial score (nSPS) is 23.5. The fraction of sp³-hybridized carbons (Fsp3) is 0.522. The summed E-state index contributed by atoms with van der Waals surface area (Å²) in [7, 11) is 0. The second kappa shape index (κ2) is 8.76. The third-order valence-corrected chi connectivity index (χ3v) is 7.03. The number of rotatable bonds is 5. The van der Waals surface area contributed by atoms with Gasteiger partial charge in [-0.1, -0.05) is 23.7 Å². The SMILES string of the molecule is O=C(Cc1cccc(C(F)(F)F)c1Cl)N1CCN2C[C@H](Oc3cnc(C4CC4)cn3)C[C@H]2C1. The summed E-state index contributed by atoms with van der Waals surface area (Å²) < 4.78 is 45.4. The molecule has 0 radical (unpaired) electrons. The van der Waals surface area contributed by atoms with Gasteiger partial charge in [0, 0.05) is 44.6 Å². The van der Waals surface area contributed by atoms with Crippen LogP contribution < -0.4 is 4.74 Å². The molecule has 2 aliphatic heterocycles. The standard InChI is InChI=1S/C23H24ClF3N4O2/c24-22-15(2-1-3-18(22)23(25,26)27)8-21(32)31-7-6-30-13-17(9-16(30)12-31)33-20-11-28-19(10-29-20)14-4-5-14/h1-3,10-11,14,16-17H,4-9,12-13H2/t16-,17+/m0/s1. The van der Waals surface area contributed by atoms with Crippen LogP contribution in [0.3, 0.4) is 0 Å². The van der Waals surface area contributed by atoms with Gasteiger partial charge in [-0.05, 0) is 24.5 Å². The number of benzene rings is 1. The second-order valence-electron chi connectivity index (χ2n) is 8.97. The Morgan fingerprint density at radius 1 is 1.15 bits per heavy atom. The molecule has 1 aliphatic carbocycles. The van der Waals surface area contributed by atoms with Crippen molar-refractivity contribution in [1.82, 2.24) is 19.8 Å². The largest absolute Gasteiger partial charge is 0.472 e. The van der Waals surface area contributed by atoms with Gasteiger partial charge in [0.15, 0.2) is 0 Å². The van der Waals surface area contributed by atoms with E-state index in [2.05, 4.69) is 14.9 Å². The first-order chi connectivity index (χ1) is 15.8. The van der Waals surface area contributed by atoms with Crippen LogP contribution in [0.1, 0.15) is 42.0 Å². The van der Waals surface area contributed by atoms with Crippen LogP contribution in [0, 0.1) is 0 Å². The summed E-state index contributed by atoms with van der Waals surface area (Å²) in [6, 6.07) is 3.83. The molecule has 33 heavy (non-hydrogen) atoms. The van der Waals surface area contributed by atoms with Crippen molar-refractivity contribution in [2.24, 2.45) is 0 Å². The van der Waals surface area contributed by atoms with E-state index in [1.54, 1.807) is 17.3 Å². The highest BCUT2D eigenvalue weighted by molar-refractivity contribution is 6.32. The number of amides is 1. The van der Waals surface area contributed by atoms with E-state index < -0.39 is 16.8 Å². The third kappa shape index (κ3) is 4.94. The first kappa shape index (κ1) is 22.4. The molecule has 0 bridgehead atoms. The number of halogens is 4. The van der Waals surface area contributed by atoms with E-state index in [4.69, 9.17) is 16.3 Å². The number of aromatic nitrogens is 2. The smallest absolute Gasteiger partial charge is 0.417 e. The summed E-state index contributed by atoms with van der Waals surface area (Å²) in [6.07, 6.45) is 1.81. The van der Waals surface area contributed by atoms with Crippen molar-refractivity contribution in [2.75, 3.05) is 26.2 Å². The lowest BCUT2D eigenvalue weighted by atomic mass is 10.1. The predicted octanol–water partition coefficient (Wildman–Crippen LogP) is 3.93. The minimum atomic E-state index is -4.55. The summed E-state index contributed by atoms with van der Waals surface area (Å²) in [4.78, 5) is 25.7. The van der Waals surface area contributed by atoms with Crippen molar-refractivity contribution < 1.29 is 22.7 Å². The van der Waals surface area contributed by atoms with Gasteiger partial charge in [-0.3, -0.25) is 14.7 Å². The lowest BCUT2D eigenvalue weighted by molar-refractivity contribution is -0.138. The molecular weight excluding hydrogens is 457 g/mol. The molecule has 1 aromatic heterocycles. The van der Waals surface area contributed by atoms with Crippen molar-refractivity contribution in [3.8, 4) is 5.88 Å². The molecule has 10 heteroatoms. The Morgan fingerprint density at radius 2 is 1.97 bits per heavy atom. The quantitative estimate of drug-likeness (QED) is 0.649. The molecule has 0 N–H and O–H groups in total. The van der Waals surface area contributed by atoms with Crippen LogP contribution in [0.2, 0.25) is 5.02 Å². The average Bonchev–Trinajstić information content (AvgIpc) is 3.54. The molecule has 0 spiro atoms. The van der Waals surface area contributed by atoms with Crippen LogP contribution in [0.4, 0.5) is 13.2 Å². The van der Waals surface area contributed by atoms with Crippen LogP contribution >= 0.6 is 11.6 Å². The Morgan fingerprint density at radius 3 is 2.67 bits per heavy atom. The van der Waals surface area contributed by atoms with Gasteiger partial charge >= 0.3 is 6.18 Å². The number of carbonyl (C=O) groups excluding carboxylic acids is 1. The van der Waals surface area contributed by atoms with Crippen molar-refractivity contribution in [2.45, 2.75) is 49.9 Å². The fourth-order valence-electron chi connectivity index (χ4n) is 4.67. The van der Waals surface area contributed by atoms with E-state index in [1.165, 1.54) is 25.0 Å². The zero-order chi connectivity index (χ0) is 23.2. The molecule has 5 rings (SSSR count). The highest BCUT2D eigenvalue weighted by Crippen LogP contribution is 2.39. The van der Waals surface area contributed by atoms with Crippen LogP contribution in [-0.4, -0.2) is 64.0 Å². The maximum Gasteiger partial charge on any atom is 0.417 e. The zero-order valence-electron chi connectivity index (χ0n) is 17.9. The number of alkyl halides is 3. The maximum atomic E-state index is 13.1. The summed E-state index contributed by atoms with van der Waals surface area (Å²) >= 11 is 5.97. The minimum absolute atomic E-state index is 0.0379. The minimum Gasteiger partial charge on any atom is -0.472 e. The van der Waals surface area contributed by atoms with Crippen molar-refractivity contribution in [3.63, 3.8) is 0 Å². The van der Waals surface area contributed by atoms with Gasteiger partial charge < -0.3 is 9.64 Å². The Balaban J connectivity index is 1.17. The summed E-state index contributed by atoms with van der Waals surface area (Å²) in [5.41, 5.74) is 0.296. The summed E-state index contributed by atoms with van der Waals surface area (Å²) in [5, 5.41) is -0.403. The number of nitrogens with zero attached hydrogens (tertiary/aromatic N) is 4. The van der Waals surface area contributed by atoms with E-state index in [0.29, 0.717) is 31.4 Å². The predicted molar refractivity (Wildman–Crippen MR) is 115 cm³/mol. The molecule has 2 saturated heterocycles. The molecule has 3 heterocycles. The van der Waals surface area contributed by atoms with Gasteiger partial charge in [0.2, 0.25) is 11.8 Å².